The lowest BCUT2D eigenvalue weighted by Crippen LogP contribution is -2.45. The van der Waals surface area contributed by atoms with Gasteiger partial charge in [0.1, 0.15) is 5.82 Å². The summed E-state index contributed by atoms with van der Waals surface area (Å²) in [6.45, 7) is 8.07. The zero-order chi connectivity index (χ0) is 23.4. The second kappa shape index (κ2) is 10.0. The number of pyridine rings is 1. The number of hydrogen-bond acceptors (Lipinski definition) is 8. The molecule has 1 saturated heterocycles. The van der Waals surface area contributed by atoms with Crippen LogP contribution in [0.25, 0.3) is 10.9 Å². The van der Waals surface area contributed by atoms with Gasteiger partial charge in [0, 0.05) is 43.8 Å². The van der Waals surface area contributed by atoms with Crippen molar-refractivity contribution in [1.82, 2.24) is 19.9 Å². The first-order valence-corrected chi connectivity index (χ1v) is 13.2. The smallest absolute Gasteiger partial charge is 0.228 e. The quantitative estimate of drug-likeness (QED) is 0.540. The van der Waals surface area contributed by atoms with Crippen LogP contribution in [-0.4, -0.2) is 73.8 Å². The Morgan fingerprint density at radius 2 is 1.79 bits per heavy atom. The minimum atomic E-state index is -3.25. The van der Waals surface area contributed by atoms with E-state index in [1.165, 1.54) is 0 Å². The number of benzene rings is 1. The maximum absolute atomic E-state index is 12.6. The van der Waals surface area contributed by atoms with Gasteiger partial charge in [-0.25, -0.2) is 13.4 Å². The van der Waals surface area contributed by atoms with Crippen molar-refractivity contribution in [3.05, 3.63) is 53.9 Å². The normalized spacial score (nSPS) is 15.3. The van der Waals surface area contributed by atoms with Crippen LogP contribution in [0.2, 0.25) is 0 Å². The number of rotatable bonds is 8. The highest BCUT2D eigenvalue weighted by molar-refractivity contribution is 7.90. The Morgan fingerprint density at radius 3 is 2.48 bits per heavy atom. The molecule has 1 aliphatic heterocycles. The van der Waals surface area contributed by atoms with E-state index in [1.54, 1.807) is 6.20 Å². The van der Waals surface area contributed by atoms with E-state index < -0.39 is 9.84 Å². The first-order valence-electron chi connectivity index (χ1n) is 11.4. The van der Waals surface area contributed by atoms with Crippen LogP contribution in [-0.2, 0) is 15.6 Å². The monoisotopic (exact) mass is 468 g/mol. The van der Waals surface area contributed by atoms with Gasteiger partial charge in [0.2, 0.25) is 5.95 Å². The Bertz CT molecular complexity index is 1190. The van der Waals surface area contributed by atoms with E-state index in [0.717, 1.165) is 48.3 Å². The van der Waals surface area contributed by atoms with Gasteiger partial charge < -0.3 is 15.1 Å². The van der Waals surface area contributed by atoms with Crippen LogP contribution >= 0.6 is 0 Å². The third kappa shape index (κ3) is 5.97. The lowest BCUT2D eigenvalue weighted by atomic mass is 10.1. The summed E-state index contributed by atoms with van der Waals surface area (Å²) in [5, 5.41) is 4.16. The van der Waals surface area contributed by atoms with E-state index in [2.05, 4.69) is 41.0 Å². The average molecular weight is 469 g/mol. The highest BCUT2D eigenvalue weighted by Gasteiger charge is 2.20. The van der Waals surface area contributed by atoms with Gasteiger partial charge in [-0.3, -0.25) is 4.98 Å². The number of aromatic nitrogens is 3. The second-order valence-corrected chi connectivity index (χ2v) is 11.1. The van der Waals surface area contributed by atoms with Crippen molar-refractivity contribution in [3.63, 3.8) is 0 Å². The van der Waals surface area contributed by atoms with E-state index in [9.17, 15) is 8.42 Å². The number of anilines is 2. The van der Waals surface area contributed by atoms with Crippen LogP contribution in [0.1, 0.15) is 31.0 Å². The van der Waals surface area contributed by atoms with Crippen LogP contribution in [0, 0.1) is 0 Å². The number of hydrogen-bond donors (Lipinski definition) is 1. The first-order chi connectivity index (χ1) is 15.8. The largest absolute Gasteiger partial charge is 0.368 e. The van der Waals surface area contributed by atoms with Gasteiger partial charge in [-0.1, -0.05) is 44.2 Å². The molecular formula is C24H32N6O2S. The molecule has 1 fully saturated rings. The lowest BCUT2D eigenvalue weighted by Gasteiger charge is -2.32. The fourth-order valence-electron chi connectivity index (χ4n) is 3.86. The Kier molecular flexibility index (Phi) is 7.09. The Hall–Kier alpha value is -2.78. The number of likely N-dealkylation sites (N-methyl/N-ethyl adjacent to an activating group) is 1. The van der Waals surface area contributed by atoms with Crippen LogP contribution in [0.15, 0.2) is 42.6 Å². The van der Waals surface area contributed by atoms with Crippen LogP contribution in [0.5, 0.6) is 0 Å². The Balaban J connectivity index is 1.56. The van der Waals surface area contributed by atoms with Gasteiger partial charge in [0.05, 0.1) is 23.2 Å². The molecule has 0 saturated carbocycles. The fourth-order valence-corrected chi connectivity index (χ4v) is 5.12. The Morgan fingerprint density at radius 1 is 1.06 bits per heavy atom. The van der Waals surface area contributed by atoms with Gasteiger partial charge in [-0.2, -0.15) is 4.98 Å². The zero-order valence-electron chi connectivity index (χ0n) is 19.5. The molecule has 0 radical (unpaired) electrons. The molecule has 0 bridgehead atoms. The van der Waals surface area contributed by atoms with Crippen molar-refractivity contribution in [2.75, 3.05) is 55.7 Å². The summed E-state index contributed by atoms with van der Waals surface area (Å²) in [7, 11) is -1.14. The van der Waals surface area contributed by atoms with E-state index in [0.29, 0.717) is 11.8 Å². The minimum Gasteiger partial charge on any atom is -0.368 e. The molecule has 2 aromatic heterocycles. The van der Waals surface area contributed by atoms with E-state index in [-0.39, 0.29) is 24.0 Å². The van der Waals surface area contributed by atoms with Gasteiger partial charge in [0.25, 0.3) is 0 Å². The molecule has 0 spiro atoms. The molecule has 1 aliphatic rings. The molecule has 8 nitrogen and oxygen atoms in total. The summed E-state index contributed by atoms with van der Waals surface area (Å²) in [6, 6.07) is 11.3. The first kappa shape index (κ1) is 23.4. The van der Waals surface area contributed by atoms with Crippen molar-refractivity contribution in [1.29, 1.82) is 0 Å². The minimum absolute atomic E-state index is 0.0271. The average Bonchev–Trinajstić information content (AvgIpc) is 2.79. The van der Waals surface area contributed by atoms with Gasteiger partial charge in [0.15, 0.2) is 9.84 Å². The van der Waals surface area contributed by atoms with Crippen molar-refractivity contribution in [2.24, 2.45) is 0 Å². The van der Waals surface area contributed by atoms with Crippen molar-refractivity contribution in [3.8, 4) is 0 Å². The molecule has 4 rings (SSSR count). The number of nitrogens with one attached hydrogen (secondary N) is 1. The third-order valence-electron chi connectivity index (χ3n) is 5.90. The molecule has 0 aliphatic carbocycles. The van der Waals surface area contributed by atoms with Crippen molar-refractivity contribution in [2.45, 2.75) is 25.5 Å². The molecule has 3 aromatic rings. The SMILES string of the molecule is CC(C)c1cc2c(NCCS(=O)(=O)Cc3ccccc3)nc(N3CCN(C)CC3)nc2cn1. The molecule has 3 heterocycles. The summed E-state index contributed by atoms with van der Waals surface area (Å²) in [6.07, 6.45) is 1.79. The molecule has 176 valence electrons. The second-order valence-electron chi connectivity index (χ2n) is 8.95. The van der Waals surface area contributed by atoms with Crippen LogP contribution in [0.3, 0.4) is 0 Å². The fraction of sp³-hybridized carbons (Fsp3) is 0.458. The zero-order valence-corrected chi connectivity index (χ0v) is 20.3. The molecule has 9 heteroatoms. The number of fused-ring (bicyclic) bond motifs is 1. The molecule has 0 unspecified atom stereocenters. The number of sulfone groups is 1. The molecule has 0 atom stereocenters. The van der Waals surface area contributed by atoms with E-state index >= 15 is 0 Å². The van der Waals surface area contributed by atoms with Crippen LogP contribution < -0.4 is 10.2 Å². The molecular weight excluding hydrogens is 436 g/mol. The number of piperazine rings is 1. The summed E-state index contributed by atoms with van der Waals surface area (Å²) >= 11 is 0. The van der Waals surface area contributed by atoms with E-state index in [1.807, 2.05) is 36.4 Å². The molecule has 1 N–H and O–H groups in total. The van der Waals surface area contributed by atoms with Gasteiger partial charge in [-0.15, -0.1) is 0 Å². The maximum Gasteiger partial charge on any atom is 0.228 e. The van der Waals surface area contributed by atoms with Crippen molar-refractivity contribution >= 4 is 32.5 Å². The number of nitrogens with zero attached hydrogens (tertiary/aromatic N) is 5. The summed E-state index contributed by atoms with van der Waals surface area (Å²) in [5.74, 6) is 1.65. The standard InChI is InChI=1S/C24H32N6O2S/c1-18(2)21-15-20-22(16-26-21)27-24(30-12-10-29(3)11-13-30)28-23(20)25-9-14-33(31,32)17-19-7-5-4-6-8-19/h4-8,15-16,18H,9-14,17H2,1-3H3,(H,25,27,28). The predicted molar refractivity (Wildman–Crippen MR) is 134 cm³/mol. The Labute approximate surface area is 196 Å². The molecule has 0 amide bonds. The summed E-state index contributed by atoms with van der Waals surface area (Å²) in [5.41, 5.74) is 2.52. The van der Waals surface area contributed by atoms with Gasteiger partial charge >= 0.3 is 0 Å². The maximum atomic E-state index is 12.6. The third-order valence-corrected chi connectivity index (χ3v) is 7.50. The predicted octanol–water partition coefficient (Wildman–Crippen LogP) is 2.93. The van der Waals surface area contributed by atoms with E-state index in [4.69, 9.17) is 9.97 Å². The topological polar surface area (TPSA) is 91.3 Å². The van der Waals surface area contributed by atoms with Crippen molar-refractivity contribution < 1.29 is 8.42 Å². The van der Waals surface area contributed by atoms with Gasteiger partial charge in [-0.05, 0) is 24.6 Å². The molecule has 1 aromatic carbocycles. The summed E-state index contributed by atoms with van der Waals surface area (Å²) in [4.78, 5) is 18.6. The summed E-state index contributed by atoms with van der Waals surface area (Å²) < 4.78 is 25.3. The highest BCUT2D eigenvalue weighted by Crippen LogP contribution is 2.26. The molecule has 33 heavy (non-hydrogen) atoms. The lowest BCUT2D eigenvalue weighted by molar-refractivity contribution is 0.311. The van der Waals surface area contributed by atoms with Crippen LogP contribution in [0.4, 0.5) is 11.8 Å². The highest BCUT2D eigenvalue weighted by atomic mass is 32.2.